The highest BCUT2D eigenvalue weighted by atomic mass is 28.4. The maximum absolute atomic E-state index is 10.6. The van der Waals surface area contributed by atoms with Crippen LogP contribution in [-0.4, -0.2) is 91.0 Å². The Kier molecular flexibility index (Phi) is 10.6. The normalized spacial score (nSPS) is 48.3. The van der Waals surface area contributed by atoms with Gasteiger partial charge in [0, 0.05) is 6.61 Å². The molecule has 0 unspecified atom stereocenters. The molecule has 0 aromatic rings. The summed E-state index contributed by atoms with van der Waals surface area (Å²) in [7, 11) is -1.72. The highest BCUT2D eigenvalue weighted by molar-refractivity contribution is 6.74. The van der Waals surface area contributed by atoms with E-state index >= 15 is 0 Å². The fourth-order valence-electron chi connectivity index (χ4n) is 11.2. The van der Waals surface area contributed by atoms with Gasteiger partial charge in [-0.2, -0.15) is 0 Å². The van der Waals surface area contributed by atoms with Crippen LogP contribution < -0.4 is 0 Å². The van der Waals surface area contributed by atoms with Crippen molar-refractivity contribution in [2.24, 2.45) is 46.3 Å². The van der Waals surface area contributed by atoms with E-state index in [1.807, 2.05) is 0 Å². The lowest BCUT2D eigenvalue weighted by atomic mass is 9.47. The quantitative estimate of drug-likeness (QED) is 0.167. The SMILES string of the molecule is C[C@H](CC[C@H]1O[C@H]2C[C@H]3[C@@H]4CC=C5C[C@@H](O[C@@H]6O[C@H](CO)[C@@H](O)[C@H](O)[C@H]6O)CC[C@]5(C)[C@H]4CC[C@]3(C)[C@H]2[C@@H]1C)CO[Si](C)(C)C(C)(C)C. The Balaban J connectivity index is 1.06. The van der Waals surface area contributed by atoms with E-state index < -0.39 is 45.6 Å². The predicted octanol–water partition coefficient (Wildman–Crippen LogP) is 6.20. The number of hydrogen-bond acceptors (Lipinski definition) is 8. The van der Waals surface area contributed by atoms with Gasteiger partial charge in [-0.25, -0.2) is 0 Å². The third-order valence-corrected chi connectivity index (χ3v) is 19.8. The molecule has 8 nitrogen and oxygen atoms in total. The Morgan fingerprint density at radius 3 is 2.42 bits per heavy atom. The number of rotatable bonds is 9. The molecule has 2 saturated heterocycles. The van der Waals surface area contributed by atoms with Crippen LogP contribution in [0.25, 0.3) is 0 Å². The van der Waals surface area contributed by atoms with Crippen molar-refractivity contribution in [1.29, 1.82) is 0 Å². The van der Waals surface area contributed by atoms with Crippen LogP contribution in [-0.2, 0) is 18.6 Å². The minimum absolute atomic E-state index is 0.130. The molecular weight excluding hydrogens is 625 g/mol. The summed E-state index contributed by atoms with van der Waals surface area (Å²) in [5.41, 5.74) is 1.96. The molecule has 0 bridgehead atoms. The molecule has 0 spiro atoms. The maximum Gasteiger partial charge on any atom is 0.191 e. The zero-order valence-electron chi connectivity index (χ0n) is 31.4. The Bertz CT molecular complexity index is 1170. The highest BCUT2D eigenvalue weighted by Crippen LogP contribution is 2.69. The Morgan fingerprint density at radius 1 is 1.00 bits per heavy atom. The van der Waals surface area contributed by atoms with Gasteiger partial charge in [0.1, 0.15) is 24.4 Å². The molecule has 4 N–H and O–H groups in total. The summed E-state index contributed by atoms with van der Waals surface area (Å²) >= 11 is 0. The first kappa shape index (κ1) is 37.4. The molecule has 6 rings (SSSR count). The Hall–Kier alpha value is -0.363. The van der Waals surface area contributed by atoms with Crippen molar-refractivity contribution >= 4 is 8.32 Å². The summed E-state index contributed by atoms with van der Waals surface area (Å²) in [6.07, 6.45) is 6.85. The third kappa shape index (κ3) is 6.46. The zero-order valence-corrected chi connectivity index (χ0v) is 32.4. The van der Waals surface area contributed by atoms with Crippen LogP contribution in [0.2, 0.25) is 18.1 Å². The average Bonchev–Trinajstić information content (AvgIpc) is 3.51. The van der Waals surface area contributed by atoms with E-state index in [0.717, 1.165) is 38.7 Å². The lowest BCUT2D eigenvalue weighted by Gasteiger charge is -2.58. The second-order valence-electron chi connectivity index (χ2n) is 19.1. The van der Waals surface area contributed by atoms with Crippen LogP contribution in [0.15, 0.2) is 11.6 Å². The summed E-state index contributed by atoms with van der Waals surface area (Å²) in [6.45, 7) is 22.0. The minimum Gasteiger partial charge on any atom is -0.417 e. The average molecular weight is 693 g/mol. The summed E-state index contributed by atoms with van der Waals surface area (Å²) in [5.74, 6) is 3.84. The fraction of sp³-hybridized carbons (Fsp3) is 0.949. The predicted molar refractivity (Wildman–Crippen MR) is 189 cm³/mol. The van der Waals surface area contributed by atoms with Gasteiger partial charge in [0.05, 0.1) is 24.9 Å². The lowest BCUT2D eigenvalue weighted by molar-refractivity contribution is -0.313. The first-order valence-electron chi connectivity index (χ1n) is 19.4. The van der Waals surface area contributed by atoms with Crippen molar-refractivity contribution in [2.75, 3.05) is 13.2 Å². The summed E-state index contributed by atoms with van der Waals surface area (Å²) < 4.78 is 25.5. The van der Waals surface area contributed by atoms with E-state index in [1.54, 1.807) is 0 Å². The molecule has 0 aromatic heterocycles. The molecule has 2 heterocycles. The van der Waals surface area contributed by atoms with Crippen LogP contribution in [0, 0.1) is 46.3 Å². The second kappa shape index (κ2) is 13.6. The van der Waals surface area contributed by atoms with E-state index in [1.165, 1.54) is 31.3 Å². The van der Waals surface area contributed by atoms with Crippen molar-refractivity contribution in [2.45, 2.75) is 173 Å². The number of fused-ring (bicyclic) bond motifs is 7. The fourth-order valence-corrected chi connectivity index (χ4v) is 12.4. The Labute approximate surface area is 291 Å². The van der Waals surface area contributed by atoms with Crippen LogP contribution >= 0.6 is 0 Å². The van der Waals surface area contributed by atoms with Crippen molar-refractivity contribution in [3.8, 4) is 0 Å². The van der Waals surface area contributed by atoms with E-state index in [9.17, 15) is 20.4 Å². The van der Waals surface area contributed by atoms with Crippen LogP contribution in [0.4, 0.5) is 0 Å². The van der Waals surface area contributed by atoms with Gasteiger partial charge in [-0.15, -0.1) is 0 Å². The number of hydrogen-bond donors (Lipinski definition) is 4. The molecule has 2 aliphatic heterocycles. The van der Waals surface area contributed by atoms with Gasteiger partial charge >= 0.3 is 0 Å². The smallest absolute Gasteiger partial charge is 0.191 e. The van der Waals surface area contributed by atoms with Crippen LogP contribution in [0.3, 0.4) is 0 Å². The van der Waals surface area contributed by atoms with E-state index in [2.05, 4.69) is 67.6 Å². The molecule has 276 valence electrons. The van der Waals surface area contributed by atoms with Gasteiger partial charge in [-0.3, -0.25) is 0 Å². The van der Waals surface area contributed by atoms with Crippen molar-refractivity contribution in [3.63, 3.8) is 0 Å². The minimum atomic E-state index is -1.72. The monoisotopic (exact) mass is 692 g/mol. The van der Waals surface area contributed by atoms with E-state index in [4.69, 9.17) is 18.6 Å². The van der Waals surface area contributed by atoms with Gasteiger partial charge in [-0.1, -0.05) is 60.1 Å². The summed E-state index contributed by atoms with van der Waals surface area (Å²) in [5, 5.41) is 40.8. The molecule has 4 aliphatic carbocycles. The Morgan fingerprint density at radius 2 is 1.73 bits per heavy atom. The first-order valence-corrected chi connectivity index (χ1v) is 22.3. The third-order valence-electron chi connectivity index (χ3n) is 15.3. The standard InChI is InChI=1S/C39H68O8Si/c1-22(21-44-48(8,9)37(3,4)5)10-13-29-23(2)32-30(46-29)19-28-26-12-11-24-18-25(14-16-38(24,6)27(26)15-17-39(28,32)7)45-36-35(43)34(42)33(41)31(20-40)47-36/h11,22-23,25-36,40-43H,10,12-21H2,1-9H3/t22-,23-,25+,26-,27+,28+,29-,30+,31-,32+,33-,34+,35-,36-,38+,39+/m1/s1. The van der Waals surface area contributed by atoms with Crippen molar-refractivity contribution in [1.82, 2.24) is 0 Å². The van der Waals surface area contributed by atoms with Gasteiger partial charge < -0.3 is 39.1 Å². The molecule has 9 heteroatoms. The molecule has 3 saturated carbocycles. The van der Waals surface area contributed by atoms with Crippen LogP contribution in [0.1, 0.15) is 106 Å². The molecule has 0 amide bonds. The lowest BCUT2D eigenvalue weighted by Crippen LogP contribution is -2.60. The summed E-state index contributed by atoms with van der Waals surface area (Å²) in [6, 6.07) is 0. The largest absolute Gasteiger partial charge is 0.417 e. The van der Waals surface area contributed by atoms with E-state index in [-0.39, 0.29) is 16.6 Å². The molecule has 0 radical (unpaired) electrons. The van der Waals surface area contributed by atoms with Gasteiger partial charge in [0.25, 0.3) is 0 Å². The van der Waals surface area contributed by atoms with Gasteiger partial charge in [0.15, 0.2) is 14.6 Å². The van der Waals surface area contributed by atoms with Crippen LogP contribution in [0.5, 0.6) is 0 Å². The molecule has 6 aliphatic rings. The number of aliphatic hydroxyl groups excluding tert-OH is 4. The van der Waals surface area contributed by atoms with Crippen molar-refractivity contribution in [3.05, 3.63) is 11.6 Å². The summed E-state index contributed by atoms with van der Waals surface area (Å²) in [4.78, 5) is 0. The van der Waals surface area contributed by atoms with Gasteiger partial charge in [-0.05, 0) is 122 Å². The van der Waals surface area contributed by atoms with Gasteiger partial charge in [0.2, 0.25) is 0 Å². The first-order chi connectivity index (χ1) is 22.4. The number of aliphatic hydroxyl groups is 4. The number of allylic oxidation sites excluding steroid dienone is 1. The molecule has 5 fully saturated rings. The molecule has 16 atom stereocenters. The zero-order chi connectivity index (χ0) is 35.0. The van der Waals surface area contributed by atoms with Crippen molar-refractivity contribution < 1.29 is 39.1 Å². The van der Waals surface area contributed by atoms with E-state index in [0.29, 0.717) is 53.1 Å². The second-order valence-corrected chi connectivity index (χ2v) is 23.9. The highest BCUT2D eigenvalue weighted by Gasteiger charge is 2.65. The molecular formula is C39H68O8Si. The topological polar surface area (TPSA) is 118 Å². The molecule has 0 aromatic carbocycles. The molecule has 48 heavy (non-hydrogen) atoms. The number of ether oxygens (including phenoxy) is 3. The maximum atomic E-state index is 10.6.